The standard InChI is InChI=1S/C30H31FN4O3/c1-4-21-16-23(31)14-19(3)28(21)29(36)35-26(30(37)38)15-20-5-7-22(8-6-20)25-10-9-24(34-25)17-33-27-13-18(2)11-12-32-27/h5-14,16,26,34H,4,15,17H2,1-3H3,(H,32,33)(H,35,36)(H,37,38). The van der Waals surface area contributed by atoms with E-state index in [0.717, 1.165) is 33.9 Å². The van der Waals surface area contributed by atoms with Gasteiger partial charge in [0.2, 0.25) is 0 Å². The van der Waals surface area contributed by atoms with Crippen molar-refractivity contribution in [2.24, 2.45) is 0 Å². The van der Waals surface area contributed by atoms with Crippen molar-refractivity contribution >= 4 is 17.7 Å². The number of rotatable bonds is 10. The summed E-state index contributed by atoms with van der Waals surface area (Å²) in [6.45, 7) is 6.09. The number of aliphatic carboxylic acids is 1. The van der Waals surface area contributed by atoms with Gasteiger partial charge in [0, 0.05) is 29.6 Å². The van der Waals surface area contributed by atoms with Gasteiger partial charge in [-0.3, -0.25) is 4.79 Å². The number of carboxylic acids is 1. The van der Waals surface area contributed by atoms with E-state index in [2.05, 4.69) is 20.6 Å². The van der Waals surface area contributed by atoms with E-state index in [4.69, 9.17) is 0 Å². The van der Waals surface area contributed by atoms with Gasteiger partial charge in [0.05, 0.1) is 6.54 Å². The molecule has 38 heavy (non-hydrogen) atoms. The minimum absolute atomic E-state index is 0.118. The molecule has 2 aromatic heterocycles. The summed E-state index contributed by atoms with van der Waals surface area (Å²) in [5.74, 6) is -1.26. The second-order valence-electron chi connectivity index (χ2n) is 9.34. The summed E-state index contributed by atoms with van der Waals surface area (Å²) in [5.41, 5.74) is 6.15. The average molecular weight is 515 g/mol. The van der Waals surface area contributed by atoms with Gasteiger partial charge in [-0.15, -0.1) is 0 Å². The summed E-state index contributed by atoms with van der Waals surface area (Å²) in [7, 11) is 0. The van der Waals surface area contributed by atoms with Crippen LogP contribution in [0.3, 0.4) is 0 Å². The average Bonchev–Trinajstić information content (AvgIpc) is 3.36. The van der Waals surface area contributed by atoms with Gasteiger partial charge in [-0.05, 0) is 84.5 Å². The lowest BCUT2D eigenvalue weighted by molar-refractivity contribution is -0.139. The Hall–Kier alpha value is -4.46. The predicted octanol–water partition coefficient (Wildman–Crippen LogP) is 5.43. The van der Waals surface area contributed by atoms with Crippen LogP contribution in [0.25, 0.3) is 11.3 Å². The van der Waals surface area contributed by atoms with Crippen molar-refractivity contribution in [1.29, 1.82) is 0 Å². The molecule has 4 rings (SSSR count). The number of nitrogens with zero attached hydrogens (tertiary/aromatic N) is 1. The lowest BCUT2D eigenvalue weighted by atomic mass is 9.98. The second-order valence-corrected chi connectivity index (χ2v) is 9.34. The fraction of sp³-hybridized carbons (Fsp3) is 0.233. The first-order chi connectivity index (χ1) is 18.2. The van der Waals surface area contributed by atoms with Crippen molar-refractivity contribution in [1.82, 2.24) is 15.3 Å². The Kier molecular flexibility index (Phi) is 8.21. The van der Waals surface area contributed by atoms with Crippen molar-refractivity contribution in [3.05, 3.63) is 106 Å². The highest BCUT2D eigenvalue weighted by Gasteiger charge is 2.24. The highest BCUT2D eigenvalue weighted by atomic mass is 19.1. The lowest BCUT2D eigenvalue weighted by Crippen LogP contribution is -2.42. The van der Waals surface area contributed by atoms with Crippen LogP contribution in [0.15, 0.2) is 66.9 Å². The molecule has 2 aromatic carbocycles. The fourth-order valence-electron chi connectivity index (χ4n) is 4.43. The van der Waals surface area contributed by atoms with Crippen LogP contribution < -0.4 is 10.6 Å². The van der Waals surface area contributed by atoms with Crippen molar-refractivity contribution in [2.75, 3.05) is 5.32 Å². The van der Waals surface area contributed by atoms with Gasteiger partial charge in [0.15, 0.2) is 0 Å². The SMILES string of the molecule is CCc1cc(F)cc(C)c1C(=O)NC(Cc1ccc(-c2ccc(CNc3cc(C)ccn3)[nH]2)cc1)C(=O)O. The van der Waals surface area contributed by atoms with Gasteiger partial charge in [0.1, 0.15) is 17.7 Å². The largest absolute Gasteiger partial charge is 0.480 e. The molecule has 0 aliphatic carbocycles. The molecule has 0 fully saturated rings. The monoisotopic (exact) mass is 514 g/mol. The summed E-state index contributed by atoms with van der Waals surface area (Å²) in [4.78, 5) is 32.6. The highest BCUT2D eigenvalue weighted by molar-refractivity contribution is 5.99. The number of anilines is 1. The summed E-state index contributed by atoms with van der Waals surface area (Å²) >= 11 is 0. The van der Waals surface area contributed by atoms with Crippen LogP contribution in [0, 0.1) is 19.7 Å². The Labute approximate surface area is 221 Å². The molecular weight excluding hydrogens is 483 g/mol. The van der Waals surface area contributed by atoms with E-state index >= 15 is 0 Å². The molecule has 1 atom stereocenters. The van der Waals surface area contributed by atoms with Crippen molar-refractivity contribution in [2.45, 2.75) is 46.2 Å². The predicted molar refractivity (Wildman–Crippen MR) is 146 cm³/mol. The van der Waals surface area contributed by atoms with Crippen molar-refractivity contribution < 1.29 is 19.1 Å². The molecule has 1 unspecified atom stereocenters. The van der Waals surface area contributed by atoms with Gasteiger partial charge in [0.25, 0.3) is 5.91 Å². The minimum atomic E-state index is -1.13. The first-order valence-corrected chi connectivity index (χ1v) is 12.5. The Balaban J connectivity index is 1.41. The molecular formula is C30H31FN4O3. The molecule has 4 N–H and O–H groups in total. The third-order valence-corrected chi connectivity index (χ3v) is 6.42. The van der Waals surface area contributed by atoms with Crippen molar-refractivity contribution in [3.8, 4) is 11.3 Å². The minimum Gasteiger partial charge on any atom is -0.480 e. The molecule has 2 heterocycles. The van der Waals surface area contributed by atoms with Crippen LogP contribution in [0.4, 0.5) is 10.2 Å². The molecule has 0 aliphatic heterocycles. The normalized spacial score (nSPS) is 11.7. The number of aromatic nitrogens is 2. The van der Waals surface area contributed by atoms with E-state index in [1.54, 1.807) is 13.1 Å². The van der Waals surface area contributed by atoms with Gasteiger partial charge >= 0.3 is 5.97 Å². The molecule has 0 spiro atoms. The fourth-order valence-corrected chi connectivity index (χ4v) is 4.43. The van der Waals surface area contributed by atoms with E-state index in [1.807, 2.05) is 62.4 Å². The van der Waals surface area contributed by atoms with Crippen molar-refractivity contribution in [3.63, 3.8) is 0 Å². The van der Waals surface area contributed by atoms with E-state index in [0.29, 0.717) is 29.7 Å². The number of hydrogen-bond donors (Lipinski definition) is 4. The zero-order valence-electron chi connectivity index (χ0n) is 21.6. The zero-order chi connectivity index (χ0) is 27.2. The second kappa shape index (κ2) is 11.7. The summed E-state index contributed by atoms with van der Waals surface area (Å²) in [6, 6.07) is 16.9. The number of nitrogens with one attached hydrogen (secondary N) is 3. The number of amides is 1. The Morgan fingerprint density at radius 3 is 2.50 bits per heavy atom. The number of hydrogen-bond acceptors (Lipinski definition) is 4. The Morgan fingerprint density at radius 1 is 1.05 bits per heavy atom. The highest BCUT2D eigenvalue weighted by Crippen LogP contribution is 2.21. The maximum atomic E-state index is 13.8. The summed E-state index contributed by atoms with van der Waals surface area (Å²) in [6.07, 6.45) is 2.35. The number of carboxylic acid groups (broad SMARTS) is 1. The van der Waals surface area contributed by atoms with E-state index in [-0.39, 0.29) is 6.42 Å². The van der Waals surface area contributed by atoms with E-state index in [1.165, 1.54) is 12.1 Å². The topological polar surface area (TPSA) is 107 Å². The lowest BCUT2D eigenvalue weighted by Gasteiger charge is -2.18. The van der Waals surface area contributed by atoms with Crippen LogP contribution in [0.2, 0.25) is 0 Å². The molecule has 0 aliphatic rings. The number of halogens is 1. The van der Waals surface area contributed by atoms with Gasteiger partial charge < -0.3 is 20.7 Å². The number of carbonyl (C=O) groups excluding carboxylic acids is 1. The van der Waals surface area contributed by atoms with Crippen LogP contribution in [-0.2, 0) is 24.2 Å². The molecule has 8 heteroatoms. The van der Waals surface area contributed by atoms with Crippen LogP contribution in [-0.4, -0.2) is 33.0 Å². The van der Waals surface area contributed by atoms with Crippen LogP contribution in [0.1, 0.15) is 45.2 Å². The molecule has 0 bridgehead atoms. The first kappa shape index (κ1) is 26.6. The first-order valence-electron chi connectivity index (χ1n) is 12.5. The number of benzene rings is 2. The van der Waals surface area contributed by atoms with Gasteiger partial charge in [-0.2, -0.15) is 0 Å². The Morgan fingerprint density at radius 2 is 1.82 bits per heavy atom. The maximum Gasteiger partial charge on any atom is 0.326 e. The summed E-state index contributed by atoms with van der Waals surface area (Å²) < 4.78 is 13.8. The van der Waals surface area contributed by atoms with E-state index in [9.17, 15) is 19.1 Å². The molecule has 4 aromatic rings. The smallest absolute Gasteiger partial charge is 0.326 e. The number of aromatic amines is 1. The number of pyridine rings is 1. The van der Waals surface area contributed by atoms with E-state index < -0.39 is 23.7 Å². The molecule has 0 saturated carbocycles. The number of carbonyl (C=O) groups is 2. The number of H-pyrrole nitrogens is 1. The molecule has 7 nitrogen and oxygen atoms in total. The number of aryl methyl sites for hydroxylation is 3. The molecule has 1 amide bonds. The summed E-state index contributed by atoms with van der Waals surface area (Å²) in [5, 5.41) is 15.7. The maximum absolute atomic E-state index is 13.8. The van der Waals surface area contributed by atoms with Gasteiger partial charge in [-0.1, -0.05) is 31.2 Å². The van der Waals surface area contributed by atoms with Crippen LogP contribution >= 0.6 is 0 Å². The Bertz CT molecular complexity index is 1450. The molecule has 0 saturated heterocycles. The van der Waals surface area contributed by atoms with Gasteiger partial charge in [-0.25, -0.2) is 14.2 Å². The quantitative estimate of drug-likeness (QED) is 0.226. The third-order valence-electron chi connectivity index (χ3n) is 6.42. The van der Waals surface area contributed by atoms with Crippen LogP contribution in [0.5, 0.6) is 0 Å². The third kappa shape index (κ3) is 6.45. The molecule has 196 valence electrons. The zero-order valence-corrected chi connectivity index (χ0v) is 21.6. The molecule has 0 radical (unpaired) electrons.